The number of rotatable bonds is 6. The lowest BCUT2D eigenvalue weighted by Crippen LogP contribution is -2.44. The Morgan fingerprint density at radius 3 is 2.57 bits per heavy atom. The van der Waals surface area contributed by atoms with E-state index in [1.165, 1.54) is 16.4 Å². The molecule has 28 heavy (non-hydrogen) atoms. The first-order valence-electron chi connectivity index (χ1n) is 9.21. The van der Waals surface area contributed by atoms with Crippen LogP contribution in [0.4, 0.5) is 4.39 Å². The molecule has 2 aromatic rings. The average Bonchev–Trinajstić information content (AvgIpc) is 2.63. The lowest BCUT2D eigenvalue weighted by atomic mass is 10.1. The van der Waals surface area contributed by atoms with Crippen LogP contribution in [0.25, 0.3) is 0 Å². The van der Waals surface area contributed by atoms with E-state index in [2.05, 4.69) is 9.97 Å². The summed E-state index contributed by atoms with van der Waals surface area (Å²) in [5.74, 6) is -0.662. The Labute approximate surface area is 164 Å². The average molecular weight is 409 g/mol. The molecule has 7 nitrogen and oxygen atoms in total. The molecule has 0 spiro atoms. The van der Waals surface area contributed by atoms with E-state index in [0.29, 0.717) is 26.0 Å². The second-order valence-electron chi connectivity index (χ2n) is 6.70. The summed E-state index contributed by atoms with van der Waals surface area (Å²) >= 11 is 0. The molecule has 0 N–H and O–H groups in total. The quantitative estimate of drug-likeness (QED) is 0.730. The Morgan fingerprint density at radius 2 is 1.93 bits per heavy atom. The Bertz CT molecular complexity index is 932. The third kappa shape index (κ3) is 4.59. The number of aromatic nitrogens is 2. The van der Waals surface area contributed by atoms with E-state index in [-0.39, 0.29) is 29.3 Å². The Morgan fingerprint density at radius 1 is 1.21 bits per heavy atom. The molecule has 9 heteroatoms. The Balaban J connectivity index is 1.76. The molecule has 1 atom stereocenters. The first-order valence-corrected chi connectivity index (χ1v) is 10.6. The van der Waals surface area contributed by atoms with Crippen LogP contribution in [0.3, 0.4) is 0 Å². The van der Waals surface area contributed by atoms with Gasteiger partial charge in [-0.2, -0.15) is 4.31 Å². The van der Waals surface area contributed by atoms with Crippen molar-refractivity contribution in [2.24, 2.45) is 0 Å². The minimum Gasteiger partial charge on any atom is -0.491 e. The van der Waals surface area contributed by atoms with Crippen molar-refractivity contribution in [3.8, 4) is 11.8 Å². The van der Waals surface area contributed by atoms with Gasteiger partial charge in [-0.3, -0.25) is 0 Å². The maximum atomic E-state index is 14.1. The Hall–Kier alpha value is -2.26. The fourth-order valence-corrected chi connectivity index (χ4v) is 4.70. The second-order valence-corrected chi connectivity index (χ2v) is 8.64. The van der Waals surface area contributed by atoms with Gasteiger partial charge in [0.1, 0.15) is 6.10 Å². The number of nitrogens with zero attached hydrogens (tertiary/aromatic N) is 3. The van der Waals surface area contributed by atoms with Gasteiger partial charge in [0.15, 0.2) is 11.6 Å². The predicted octanol–water partition coefficient (Wildman–Crippen LogP) is 2.86. The van der Waals surface area contributed by atoms with Crippen LogP contribution in [-0.4, -0.2) is 48.5 Å². The largest absolute Gasteiger partial charge is 0.491 e. The second kappa shape index (κ2) is 8.40. The number of piperidine rings is 1. The van der Waals surface area contributed by atoms with E-state index in [0.717, 1.165) is 17.5 Å². The van der Waals surface area contributed by atoms with Crippen molar-refractivity contribution in [1.82, 2.24) is 14.3 Å². The Kier molecular flexibility index (Phi) is 6.14. The summed E-state index contributed by atoms with van der Waals surface area (Å²) in [6.07, 6.45) is 0.964. The van der Waals surface area contributed by atoms with Gasteiger partial charge in [-0.1, -0.05) is 0 Å². The molecule has 0 radical (unpaired) electrons. The zero-order valence-electron chi connectivity index (χ0n) is 16.2. The van der Waals surface area contributed by atoms with Crippen molar-refractivity contribution in [1.29, 1.82) is 0 Å². The normalized spacial score (nSPS) is 18.1. The molecule has 2 heterocycles. The third-order valence-corrected chi connectivity index (χ3v) is 6.28. The van der Waals surface area contributed by atoms with Crippen LogP contribution in [0.15, 0.2) is 29.2 Å². The van der Waals surface area contributed by atoms with Crippen molar-refractivity contribution >= 4 is 10.0 Å². The van der Waals surface area contributed by atoms with E-state index >= 15 is 0 Å². The number of sulfonamides is 1. The number of halogens is 1. The topological polar surface area (TPSA) is 81.6 Å². The number of aryl methyl sites for hydroxylation is 2. The van der Waals surface area contributed by atoms with Gasteiger partial charge in [-0.05, 0) is 57.9 Å². The monoisotopic (exact) mass is 409 g/mol. The standard InChI is InChI=1S/C19H24FN3O4S/c1-4-26-18-8-7-16(11-17(18)20)28(24,25)23-9-5-6-15(12-23)27-19-21-13(2)10-14(3)22-19/h7-8,10-11,15H,4-6,9,12H2,1-3H3. The molecule has 1 aromatic carbocycles. The summed E-state index contributed by atoms with van der Waals surface area (Å²) in [5.41, 5.74) is 1.57. The van der Waals surface area contributed by atoms with Crippen LogP contribution < -0.4 is 9.47 Å². The van der Waals surface area contributed by atoms with Crippen molar-refractivity contribution in [3.05, 3.63) is 41.5 Å². The summed E-state index contributed by atoms with van der Waals surface area (Å²) in [6.45, 7) is 6.24. The summed E-state index contributed by atoms with van der Waals surface area (Å²) < 4.78 is 52.3. The van der Waals surface area contributed by atoms with Gasteiger partial charge < -0.3 is 9.47 Å². The predicted molar refractivity (Wildman–Crippen MR) is 101 cm³/mol. The van der Waals surface area contributed by atoms with Gasteiger partial charge in [0.05, 0.1) is 18.0 Å². The van der Waals surface area contributed by atoms with Crippen LogP contribution in [0.5, 0.6) is 11.8 Å². The van der Waals surface area contributed by atoms with Gasteiger partial charge in [-0.15, -0.1) is 0 Å². The molecule has 1 saturated heterocycles. The zero-order chi connectivity index (χ0) is 20.3. The van der Waals surface area contributed by atoms with Crippen molar-refractivity contribution < 1.29 is 22.3 Å². The number of hydrogen-bond acceptors (Lipinski definition) is 6. The molecule has 1 unspecified atom stereocenters. The molecule has 3 rings (SSSR count). The van der Waals surface area contributed by atoms with Gasteiger partial charge in [-0.25, -0.2) is 22.8 Å². The van der Waals surface area contributed by atoms with Gasteiger partial charge in [0.2, 0.25) is 10.0 Å². The fourth-order valence-electron chi connectivity index (χ4n) is 3.18. The number of benzene rings is 1. The molecule has 0 aliphatic carbocycles. The fraction of sp³-hybridized carbons (Fsp3) is 0.474. The van der Waals surface area contributed by atoms with Crippen LogP contribution in [0.1, 0.15) is 31.2 Å². The lowest BCUT2D eigenvalue weighted by Gasteiger charge is -2.31. The molecule has 0 bridgehead atoms. The van der Waals surface area contributed by atoms with E-state index in [4.69, 9.17) is 9.47 Å². The molecule has 1 aromatic heterocycles. The van der Waals surface area contributed by atoms with E-state index in [9.17, 15) is 12.8 Å². The summed E-state index contributed by atoms with van der Waals surface area (Å²) in [4.78, 5) is 8.39. The third-order valence-electron chi connectivity index (χ3n) is 4.42. The van der Waals surface area contributed by atoms with Gasteiger partial charge >= 0.3 is 6.01 Å². The zero-order valence-corrected chi connectivity index (χ0v) is 17.0. The SMILES string of the molecule is CCOc1ccc(S(=O)(=O)N2CCCC(Oc3nc(C)cc(C)n3)C2)cc1F. The summed E-state index contributed by atoms with van der Waals surface area (Å²) in [7, 11) is -3.84. The molecular formula is C19H24FN3O4S. The van der Waals surface area contributed by atoms with Crippen LogP contribution >= 0.6 is 0 Å². The minimum absolute atomic E-state index is 0.0354. The van der Waals surface area contributed by atoms with Crippen LogP contribution in [0, 0.1) is 19.7 Å². The van der Waals surface area contributed by atoms with Crippen molar-refractivity contribution in [3.63, 3.8) is 0 Å². The molecule has 152 valence electrons. The first-order chi connectivity index (χ1) is 13.3. The highest BCUT2D eigenvalue weighted by Crippen LogP contribution is 2.26. The van der Waals surface area contributed by atoms with Crippen molar-refractivity contribution in [2.45, 2.75) is 44.6 Å². The highest BCUT2D eigenvalue weighted by molar-refractivity contribution is 7.89. The highest BCUT2D eigenvalue weighted by Gasteiger charge is 2.32. The van der Waals surface area contributed by atoms with E-state index in [1.807, 2.05) is 19.9 Å². The maximum absolute atomic E-state index is 14.1. The first kappa shape index (κ1) is 20.5. The minimum atomic E-state index is -3.84. The molecule has 0 amide bonds. The molecular weight excluding hydrogens is 385 g/mol. The number of ether oxygens (including phenoxy) is 2. The molecule has 0 saturated carbocycles. The van der Waals surface area contributed by atoms with Crippen LogP contribution in [-0.2, 0) is 10.0 Å². The van der Waals surface area contributed by atoms with Gasteiger partial charge in [0, 0.05) is 17.9 Å². The molecule has 1 fully saturated rings. The van der Waals surface area contributed by atoms with Crippen molar-refractivity contribution in [2.75, 3.05) is 19.7 Å². The smallest absolute Gasteiger partial charge is 0.317 e. The maximum Gasteiger partial charge on any atom is 0.317 e. The lowest BCUT2D eigenvalue weighted by molar-refractivity contribution is 0.119. The number of hydrogen-bond donors (Lipinski definition) is 0. The summed E-state index contributed by atoms with van der Waals surface area (Å²) in [5, 5.41) is 0. The van der Waals surface area contributed by atoms with Crippen LogP contribution in [0.2, 0.25) is 0 Å². The van der Waals surface area contributed by atoms with E-state index < -0.39 is 15.8 Å². The van der Waals surface area contributed by atoms with E-state index in [1.54, 1.807) is 6.92 Å². The highest BCUT2D eigenvalue weighted by atomic mass is 32.2. The summed E-state index contributed by atoms with van der Waals surface area (Å²) in [6, 6.07) is 5.78. The molecule has 1 aliphatic heterocycles. The van der Waals surface area contributed by atoms with Gasteiger partial charge in [0.25, 0.3) is 0 Å². The molecule has 1 aliphatic rings.